The molecule has 2 N–H and O–H groups in total. The van der Waals surface area contributed by atoms with Gasteiger partial charge in [-0.15, -0.1) is 0 Å². The summed E-state index contributed by atoms with van der Waals surface area (Å²) in [6.07, 6.45) is -0.612. The van der Waals surface area contributed by atoms with E-state index in [4.69, 9.17) is 21.4 Å². The smallest absolute Gasteiger partial charge is 0.332 e. The Morgan fingerprint density at radius 2 is 2.00 bits per heavy atom. The first-order chi connectivity index (χ1) is 8.99. The van der Waals surface area contributed by atoms with Crippen LogP contribution >= 0.6 is 11.6 Å². The van der Waals surface area contributed by atoms with Crippen molar-refractivity contribution >= 4 is 23.5 Å². The summed E-state index contributed by atoms with van der Waals surface area (Å²) in [6.45, 7) is 1.89. The number of carboxylic acids is 1. The molecule has 0 heterocycles. The van der Waals surface area contributed by atoms with Crippen LogP contribution in [0.25, 0.3) is 0 Å². The van der Waals surface area contributed by atoms with Crippen molar-refractivity contribution in [2.75, 3.05) is 13.2 Å². The molecule has 0 aromatic heterocycles. The highest BCUT2D eigenvalue weighted by molar-refractivity contribution is 6.30. The van der Waals surface area contributed by atoms with Gasteiger partial charge in [-0.05, 0) is 24.6 Å². The first-order valence-electron chi connectivity index (χ1n) is 5.84. The number of halogens is 1. The third kappa shape index (κ3) is 6.22. The number of carboxylic acid groups (broad SMARTS) is 1. The van der Waals surface area contributed by atoms with E-state index in [0.717, 1.165) is 5.56 Å². The van der Waals surface area contributed by atoms with Gasteiger partial charge in [0.05, 0.1) is 13.0 Å². The van der Waals surface area contributed by atoms with Gasteiger partial charge in [-0.25, -0.2) is 4.79 Å². The van der Waals surface area contributed by atoms with Crippen molar-refractivity contribution in [2.45, 2.75) is 19.4 Å². The molecule has 1 unspecified atom stereocenters. The lowest BCUT2D eigenvalue weighted by atomic mass is 10.1. The first-order valence-corrected chi connectivity index (χ1v) is 6.22. The topological polar surface area (TPSA) is 75.6 Å². The van der Waals surface area contributed by atoms with E-state index in [1.54, 1.807) is 24.3 Å². The Morgan fingerprint density at radius 3 is 2.58 bits per heavy atom. The highest BCUT2D eigenvalue weighted by Crippen LogP contribution is 2.09. The minimum atomic E-state index is -1.02. The predicted molar refractivity (Wildman–Crippen MR) is 71.2 cm³/mol. The monoisotopic (exact) mass is 285 g/mol. The Bertz CT molecular complexity index is 433. The number of aliphatic carboxylic acids is 1. The fourth-order valence-corrected chi connectivity index (χ4v) is 1.47. The minimum Gasteiger partial charge on any atom is -0.479 e. The Kier molecular flexibility index (Phi) is 6.32. The highest BCUT2D eigenvalue weighted by atomic mass is 35.5. The van der Waals surface area contributed by atoms with Gasteiger partial charge >= 0.3 is 5.97 Å². The summed E-state index contributed by atoms with van der Waals surface area (Å²) in [7, 11) is 0. The summed E-state index contributed by atoms with van der Waals surface area (Å²) in [4.78, 5) is 22.0. The van der Waals surface area contributed by atoms with Gasteiger partial charge < -0.3 is 15.2 Å². The van der Waals surface area contributed by atoms with Gasteiger partial charge in [0.2, 0.25) is 5.91 Å². The minimum absolute atomic E-state index is 0.145. The van der Waals surface area contributed by atoms with E-state index >= 15 is 0 Å². The van der Waals surface area contributed by atoms with Crippen molar-refractivity contribution in [1.29, 1.82) is 0 Å². The van der Waals surface area contributed by atoms with Gasteiger partial charge in [-0.2, -0.15) is 0 Å². The molecular weight excluding hydrogens is 270 g/mol. The summed E-state index contributed by atoms with van der Waals surface area (Å²) < 4.78 is 4.99. The van der Waals surface area contributed by atoms with Crippen molar-refractivity contribution in [3.63, 3.8) is 0 Å². The van der Waals surface area contributed by atoms with Crippen LogP contribution < -0.4 is 5.32 Å². The predicted octanol–water partition coefficient (Wildman–Crippen LogP) is 1.49. The van der Waals surface area contributed by atoms with E-state index in [-0.39, 0.29) is 25.5 Å². The molecule has 0 bridgehead atoms. The number of hydrogen-bond acceptors (Lipinski definition) is 3. The lowest BCUT2D eigenvalue weighted by Crippen LogP contribution is -2.31. The number of hydrogen-bond donors (Lipinski definition) is 2. The summed E-state index contributed by atoms with van der Waals surface area (Å²) in [5.41, 5.74) is 0.863. The number of nitrogens with one attached hydrogen (secondary N) is 1. The average molecular weight is 286 g/mol. The third-order valence-corrected chi connectivity index (χ3v) is 2.67. The number of amides is 1. The quantitative estimate of drug-likeness (QED) is 0.744. The second-order valence-corrected chi connectivity index (χ2v) is 4.44. The normalized spacial score (nSPS) is 11.9. The molecule has 1 aromatic carbocycles. The molecule has 0 radical (unpaired) electrons. The van der Waals surface area contributed by atoms with E-state index < -0.39 is 12.1 Å². The fraction of sp³-hybridized carbons (Fsp3) is 0.385. The molecular formula is C13H16ClNO4. The van der Waals surface area contributed by atoms with Crippen molar-refractivity contribution in [2.24, 2.45) is 0 Å². The van der Waals surface area contributed by atoms with E-state index in [2.05, 4.69) is 5.32 Å². The molecule has 1 aromatic rings. The van der Waals surface area contributed by atoms with Crippen LogP contribution in [0.2, 0.25) is 5.02 Å². The zero-order valence-corrected chi connectivity index (χ0v) is 11.3. The van der Waals surface area contributed by atoms with Crippen LogP contribution in [0.5, 0.6) is 0 Å². The SMILES string of the molecule is CC(OCCNC(=O)Cc1ccc(Cl)cc1)C(=O)O. The third-order valence-electron chi connectivity index (χ3n) is 2.42. The highest BCUT2D eigenvalue weighted by Gasteiger charge is 2.10. The van der Waals surface area contributed by atoms with Crippen molar-refractivity contribution < 1.29 is 19.4 Å². The van der Waals surface area contributed by atoms with Gasteiger partial charge in [0, 0.05) is 11.6 Å². The van der Waals surface area contributed by atoms with Gasteiger partial charge in [0.25, 0.3) is 0 Å². The molecule has 0 saturated carbocycles. The Morgan fingerprint density at radius 1 is 1.37 bits per heavy atom. The first kappa shape index (κ1) is 15.5. The summed E-state index contributed by atoms with van der Waals surface area (Å²) in [5.74, 6) is -1.17. The molecule has 0 spiro atoms. The van der Waals surface area contributed by atoms with E-state index in [9.17, 15) is 9.59 Å². The maximum Gasteiger partial charge on any atom is 0.332 e. The largest absolute Gasteiger partial charge is 0.479 e. The fourth-order valence-electron chi connectivity index (χ4n) is 1.35. The molecule has 19 heavy (non-hydrogen) atoms. The molecule has 1 rings (SSSR count). The standard InChI is InChI=1S/C13H16ClNO4/c1-9(13(17)18)19-7-6-15-12(16)8-10-2-4-11(14)5-3-10/h2-5,9H,6-8H2,1H3,(H,15,16)(H,17,18). The van der Waals surface area contributed by atoms with Crippen LogP contribution in [-0.4, -0.2) is 36.2 Å². The number of benzene rings is 1. The van der Waals surface area contributed by atoms with Gasteiger partial charge in [0.1, 0.15) is 0 Å². The van der Waals surface area contributed by atoms with E-state index in [1.807, 2.05) is 0 Å². The number of rotatable bonds is 7. The van der Waals surface area contributed by atoms with Crippen LogP contribution in [0.4, 0.5) is 0 Å². The van der Waals surface area contributed by atoms with Crippen molar-refractivity contribution in [3.8, 4) is 0 Å². The zero-order chi connectivity index (χ0) is 14.3. The molecule has 0 aliphatic heterocycles. The van der Waals surface area contributed by atoms with Gasteiger partial charge in [-0.3, -0.25) is 4.79 Å². The Hall–Kier alpha value is -1.59. The average Bonchev–Trinajstić information content (AvgIpc) is 2.37. The van der Waals surface area contributed by atoms with Crippen molar-refractivity contribution in [1.82, 2.24) is 5.32 Å². The number of carbonyl (C=O) groups excluding carboxylic acids is 1. The Labute approximate surface area is 116 Å². The molecule has 1 atom stereocenters. The summed E-state index contributed by atoms with van der Waals surface area (Å²) >= 11 is 5.74. The second kappa shape index (κ2) is 7.76. The number of ether oxygens (including phenoxy) is 1. The van der Waals surface area contributed by atoms with Crippen LogP contribution in [0.15, 0.2) is 24.3 Å². The molecule has 0 fully saturated rings. The molecule has 5 nitrogen and oxygen atoms in total. The van der Waals surface area contributed by atoms with E-state index in [0.29, 0.717) is 5.02 Å². The van der Waals surface area contributed by atoms with Gasteiger partial charge in [-0.1, -0.05) is 23.7 Å². The maximum absolute atomic E-state index is 11.6. The van der Waals surface area contributed by atoms with Crippen LogP contribution in [-0.2, 0) is 20.7 Å². The van der Waals surface area contributed by atoms with Crippen LogP contribution in [0, 0.1) is 0 Å². The molecule has 0 aliphatic rings. The number of carbonyl (C=O) groups is 2. The van der Waals surface area contributed by atoms with Crippen molar-refractivity contribution in [3.05, 3.63) is 34.9 Å². The molecule has 6 heteroatoms. The molecule has 0 saturated heterocycles. The lowest BCUT2D eigenvalue weighted by molar-refractivity contribution is -0.148. The zero-order valence-electron chi connectivity index (χ0n) is 10.6. The second-order valence-electron chi connectivity index (χ2n) is 4.00. The Balaban J connectivity index is 2.21. The molecule has 1 amide bonds. The van der Waals surface area contributed by atoms with E-state index in [1.165, 1.54) is 6.92 Å². The summed E-state index contributed by atoms with van der Waals surface area (Å²) in [5, 5.41) is 11.9. The van der Waals surface area contributed by atoms with Crippen LogP contribution in [0.3, 0.4) is 0 Å². The summed E-state index contributed by atoms with van der Waals surface area (Å²) in [6, 6.07) is 7.01. The molecule has 0 aliphatic carbocycles. The lowest BCUT2D eigenvalue weighted by Gasteiger charge is -2.09. The van der Waals surface area contributed by atoms with Crippen LogP contribution in [0.1, 0.15) is 12.5 Å². The van der Waals surface area contributed by atoms with Gasteiger partial charge in [0.15, 0.2) is 6.10 Å². The molecule has 104 valence electrons. The maximum atomic E-state index is 11.6.